The summed E-state index contributed by atoms with van der Waals surface area (Å²) in [5.74, 6) is 0.111. The second-order valence-electron chi connectivity index (χ2n) is 6.06. The van der Waals surface area contributed by atoms with Crippen LogP contribution >= 0.6 is 22.9 Å². The molecule has 0 atom stereocenters. The number of aromatic amines is 1. The van der Waals surface area contributed by atoms with E-state index < -0.39 is 0 Å². The second-order valence-corrected chi connectivity index (χ2v) is 7.77. The number of hydrogen-bond acceptors (Lipinski definition) is 3. The maximum Gasteiger partial charge on any atom is 0.264 e. The molecule has 0 radical (unpaired) electrons. The number of thiophene rings is 1. The summed E-state index contributed by atoms with van der Waals surface area (Å²) in [4.78, 5) is 32.4. The third-order valence-corrected chi connectivity index (χ3v) is 5.52. The normalized spacial score (nSPS) is 15.0. The molecule has 1 aliphatic rings. The molecule has 1 fully saturated rings. The second kappa shape index (κ2) is 6.99. The van der Waals surface area contributed by atoms with Crippen molar-refractivity contribution in [2.45, 2.75) is 20.3 Å². The SMILES string of the molecule is Cc1cc(CC(=O)N2CCN(C(=O)c3ccc(Cl)s3)CC2)c(C)[nH]1. The molecule has 0 unspecified atom stereocenters. The number of carbonyl (C=O) groups is 2. The Kier molecular flexibility index (Phi) is 4.96. The lowest BCUT2D eigenvalue weighted by molar-refractivity contribution is -0.131. The first-order valence-corrected chi connectivity index (χ1v) is 9.11. The van der Waals surface area contributed by atoms with Crippen LogP contribution in [0.2, 0.25) is 4.34 Å². The summed E-state index contributed by atoms with van der Waals surface area (Å²) >= 11 is 7.18. The molecule has 24 heavy (non-hydrogen) atoms. The number of nitrogens with one attached hydrogen (secondary N) is 1. The number of amides is 2. The number of aryl methyl sites for hydroxylation is 2. The zero-order chi connectivity index (χ0) is 17.3. The van der Waals surface area contributed by atoms with Gasteiger partial charge in [-0.1, -0.05) is 11.6 Å². The molecule has 1 N–H and O–H groups in total. The van der Waals surface area contributed by atoms with Gasteiger partial charge in [-0.2, -0.15) is 0 Å². The number of hydrogen-bond donors (Lipinski definition) is 1. The van der Waals surface area contributed by atoms with Crippen LogP contribution < -0.4 is 0 Å². The molecule has 3 heterocycles. The van der Waals surface area contributed by atoms with Crippen LogP contribution in [0, 0.1) is 13.8 Å². The summed E-state index contributed by atoms with van der Waals surface area (Å²) in [5.41, 5.74) is 3.16. The number of halogens is 1. The summed E-state index contributed by atoms with van der Waals surface area (Å²) in [7, 11) is 0. The lowest BCUT2D eigenvalue weighted by atomic mass is 10.1. The Balaban J connectivity index is 1.55. The summed E-state index contributed by atoms with van der Waals surface area (Å²) in [6, 6.07) is 5.51. The van der Waals surface area contributed by atoms with E-state index >= 15 is 0 Å². The van der Waals surface area contributed by atoms with Gasteiger partial charge in [0.15, 0.2) is 0 Å². The van der Waals surface area contributed by atoms with Crippen molar-refractivity contribution in [3.05, 3.63) is 44.4 Å². The first kappa shape index (κ1) is 17.0. The van der Waals surface area contributed by atoms with Crippen molar-refractivity contribution in [3.63, 3.8) is 0 Å². The van der Waals surface area contributed by atoms with Gasteiger partial charge in [0.25, 0.3) is 5.91 Å². The number of carbonyl (C=O) groups excluding carboxylic acids is 2. The Bertz CT molecular complexity index is 760. The Morgan fingerprint density at radius 2 is 1.83 bits per heavy atom. The van der Waals surface area contributed by atoms with Crippen LogP contribution in [0.5, 0.6) is 0 Å². The van der Waals surface area contributed by atoms with Crippen LogP contribution in [-0.4, -0.2) is 52.8 Å². The Hall–Kier alpha value is -1.79. The van der Waals surface area contributed by atoms with E-state index in [9.17, 15) is 9.59 Å². The van der Waals surface area contributed by atoms with E-state index in [0.717, 1.165) is 17.0 Å². The first-order valence-electron chi connectivity index (χ1n) is 7.91. The van der Waals surface area contributed by atoms with E-state index in [0.29, 0.717) is 41.8 Å². The van der Waals surface area contributed by atoms with Crippen molar-refractivity contribution in [2.75, 3.05) is 26.2 Å². The molecule has 0 saturated carbocycles. The van der Waals surface area contributed by atoms with E-state index in [1.165, 1.54) is 11.3 Å². The number of piperazine rings is 1. The van der Waals surface area contributed by atoms with Crippen molar-refractivity contribution < 1.29 is 9.59 Å². The van der Waals surface area contributed by atoms with Crippen molar-refractivity contribution >= 4 is 34.8 Å². The quantitative estimate of drug-likeness (QED) is 0.909. The van der Waals surface area contributed by atoms with Gasteiger partial charge in [0, 0.05) is 37.6 Å². The van der Waals surface area contributed by atoms with Crippen LogP contribution in [0.3, 0.4) is 0 Å². The Labute approximate surface area is 150 Å². The average Bonchev–Trinajstić information content (AvgIpc) is 3.12. The van der Waals surface area contributed by atoms with Gasteiger partial charge in [-0.3, -0.25) is 9.59 Å². The van der Waals surface area contributed by atoms with Crippen LogP contribution in [0.15, 0.2) is 18.2 Å². The van der Waals surface area contributed by atoms with Gasteiger partial charge in [-0.05, 0) is 37.6 Å². The van der Waals surface area contributed by atoms with E-state index in [1.54, 1.807) is 17.0 Å². The maximum absolute atomic E-state index is 12.5. The molecular weight excluding hydrogens is 346 g/mol. The standard InChI is InChI=1S/C17H20ClN3O2S/c1-11-9-13(12(2)19-11)10-16(22)20-5-7-21(8-6-20)17(23)14-3-4-15(18)24-14/h3-4,9,19H,5-8,10H2,1-2H3. The van der Waals surface area contributed by atoms with Gasteiger partial charge in [0.05, 0.1) is 15.6 Å². The molecule has 1 saturated heterocycles. The fourth-order valence-corrected chi connectivity index (χ4v) is 4.00. The molecular formula is C17H20ClN3O2S. The first-order chi connectivity index (χ1) is 11.4. The van der Waals surface area contributed by atoms with E-state index in [-0.39, 0.29) is 11.8 Å². The topological polar surface area (TPSA) is 56.4 Å². The van der Waals surface area contributed by atoms with Crippen LogP contribution in [0.4, 0.5) is 0 Å². The summed E-state index contributed by atoms with van der Waals surface area (Å²) in [6.45, 7) is 6.25. The molecule has 128 valence electrons. The van der Waals surface area contributed by atoms with E-state index in [1.807, 2.05) is 24.8 Å². The highest BCUT2D eigenvalue weighted by atomic mass is 35.5. The zero-order valence-electron chi connectivity index (χ0n) is 13.8. The summed E-state index contributed by atoms with van der Waals surface area (Å²) < 4.78 is 0.615. The molecule has 2 aromatic rings. The highest BCUT2D eigenvalue weighted by molar-refractivity contribution is 7.17. The van der Waals surface area contributed by atoms with Gasteiger partial charge < -0.3 is 14.8 Å². The fourth-order valence-electron chi connectivity index (χ4n) is 2.98. The highest BCUT2D eigenvalue weighted by Crippen LogP contribution is 2.23. The number of nitrogens with zero attached hydrogens (tertiary/aromatic N) is 2. The lowest BCUT2D eigenvalue weighted by Crippen LogP contribution is -2.50. The molecule has 1 aliphatic heterocycles. The minimum Gasteiger partial charge on any atom is -0.362 e. The van der Waals surface area contributed by atoms with Crippen molar-refractivity contribution in [2.24, 2.45) is 0 Å². The highest BCUT2D eigenvalue weighted by Gasteiger charge is 2.26. The molecule has 3 rings (SSSR count). The summed E-state index contributed by atoms with van der Waals surface area (Å²) in [5, 5.41) is 0. The monoisotopic (exact) mass is 365 g/mol. The largest absolute Gasteiger partial charge is 0.362 e. The van der Waals surface area contributed by atoms with Gasteiger partial charge in [-0.15, -0.1) is 11.3 Å². The molecule has 0 aromatic carbocycles. The Morgan fingerprint density at radius 3 is 2.38 bits per heavy atom. The van der Waals surface area contributed by atoms with Gasteiger partial charge in [0.2, 0.25) is 5.91 Å². The molecule has 0 aliphatic carbocycles. The fraction of sp³-hybridized carbons (Fsp3) is 0.412. The lowest BCUT2D eigenvalue weighted by Gasteiger charge is -2.34. The van der Waals surface area contributed by atoms with Crippen molar-refractivity contribution in [1.29, 1.82) is 0 Å². The van der Waals surface area contributed by atoms with Crippen molar-refractivity contribution in [1.82, 2.24) is 14.8 Å². The molecule has 7 heteroatoms. The number of aromatic nitrogens is 1. The Morgan fingerprint density at radius 1 is 1.17 bits per heavy atom. The van der Waals surface area contributed by atoms with Crippen LogP contribution in [-0.2, 0) is 11.2 Å². The summed E-state index contributed by atoms with van der Waals surface area (Å²) in [6.07, 6.45) is 0.407. The maximum atomic E-state index is 12.5. The van der Waals surface area contributed by atoms with Crippen LogP contribution in [0.25, 0.3) is 0 Å². The predicted octanol–water partition coefficient (Wildman–Crippen LogP) is 2.87. The molecule has 2 amide bonds. The average molecular weight is 366 g/mol. The smallest absolute Gasteiger partial charge is 0.264 e. The van der Waals surface area contributed by atoms with Crippen LogP contribution in [0.1, 0.15) is 26.6 Å². The molecule has 0 bridgehead atoms. The minimum absolute atomic E-state index is 0.00361. The van der Waals surface area contributed by atoms with E-state index in [4.69, 9.17) is 11.6 Å². The van der Waals surface area contributed by atoms with Gasteiger partial charge in [0.1, 0.15) is 0 Å². The molecule has 5 nitrogen and oxygen atoms in total. The molecule has 0 spiro atoms. The van der Waals surface area contributed by atoms with Gasteiger partial charge >= 0.3 is 0 Å². The predicted molar refractivity (Wildman–Crippen MR) is 95.8 cm³/mol. The molecule has 2 aromatic heterocycles. The number of rotatable bonds is 3. The third kappa shape index (κ3) is 3.65. The third-order valence-electron chi connectivity index (χ3n) is 4.30. The number of H-pyrrole nitrogens is 1. The van der Waals surface area contributed by atoms with E-state index in [2.05, 4.69) is 4.98 Å². The van der Waals surface area contributed by atoms with Gasteiger partial charge in [-0.25, -0.2) is 0 Å². The minimum atomic E-state index is -0.00361. The van der Waals surface area contributed by atoms with Crippen molar-refractivity contribution in [3.8, 4) is 0 Å². The zero-order valence-corrected chi connectivity index (χ0v) is 15.3.